The predicted octanol–water partition coefficient (Wildman–Crippen LogP) is 0.262. The number of rotatable bonds is 1. The molecular weight excluding hydrogens is 228 g/mol. The van der Waals surface area contributed by atoms with E-state index < -0.39 is 11.5 Å². The Balaban J connectivity index is 3.32. The standard InChI is InChI=1S/C6H7BrN2O3/c1-9-5(10)3(4(7)8-9)6(11)12-2/h8H,1-2H3. The Morgan fingerprint density at radius 2 is 2.25 bits per heavy atom. The summed E-state index contributed by atoms with van der Waals surface area (Å²) >= 11 is 3.03. The summed E-state index contributed by atoms with van der Waals surface area (Å²) in [4.78, 5) is 22.2. The minimum atomic E-state index is -0.649. The van der Waals surface area contributed by atoms with Crippen molar-refractivity contribution in [3.63, 3.8) is 0 Å². The Bertz CT molecular complexity index is 365. The summed E-state index contributed by atoms with van der Waals surface area (Å²) in [6.07, 6.45) is 0. The fourth-order valence-corrected chi connectivity index (χ4v) is 1.39. The molecule has 0 bridgehead atoms. The molecule has 0 fully saturated rings. The van der Waals surface area contributed by atoms with Gasteiger partial charge in [-0.25, -0.2) is 4.79 Å². The Morgan fingerprint density at radius 1 is 1.67 bits per heavy atom. The van der Waals surface area contributed by atoms with E-state index in [9.17, 15) is 9.59 Å². The number of hydrogen-bond acceptors (Lipinski definition) is 3. The molecule has 1 aromatic rings. The number of esters is 1. The van der Waals surface area contributed by atoms with Crippen LogP contribution in [0, 0.1) is 0 Å². The summed E-state index contributed by atoms with van der Waals surface area (Å²) < 4.78 is 5.93. The van der Waals surface area contributed by atoms with Gasteiger partial charge in [0.2, 0.25) is 0 Å². The molecule has 1 heterocycles. The average Bonchev–Trinajstić information content (AvgIpc) is 2.26. The van der Waals surface area contributed by atoms with Crippen LogP contribution in [0.15, 0.2) is 9.40 Å². The van der Waals surface area contributed by atoms with E-state index in [1.807, 2.05) is 0 Å². The predicted molar refractivity (Wildman–Crippen MR) is 45.1 cm³/mol. The van der Waals surface area contributed by atoms with E-state index >= 15 is 0 Å². The molecule has 0 radical (unpaired) electrons. The number of carbonyl (C=O) groups is 1. The Kier molecular flexibility index (Phi) is 2.37. The number of aromatic nitrogens is 2. The molecule has 0 saturated carbocycles. The minimum Gasteiger partial charge on any atom is -0.465 e. The zero-order chi connectivity index (χ0) is 9.30. The van der Waals surface area contributed by atoms with Crippen LogP contribution in [-0.4, -0.2) is 22.9 Å². The number of H-pyrrole nitrogens is 1. The highest BCUT2D eigenvalue weighted by Crippen LogP contribution is 2.09. The van der Waals surface area contributed by atoms with Crippen LogP contribution in [-0.2, 0) is 11.8 Å². The molecule has 1 rings (SSSR count). The third-order valence-corrected chi connectivity index (χ3v) is 1.97. The number of methoxy groups -OCH3 is 1. The number of ether oxygens (including phenoxy) is 1. The zero-order valence-corrected chi connectivity index (χ0v) is 8.14. The van der Waals surface area contributed by atoms with Crippen LogP contribution in [0.1, 0.15) is 10.4 Å². The van der Waals surface area contributed by atoms with Gasteiger partial charge in [-0.15, -0.1) is 0 Å². The van der Waals surface area contributed by atoms with Crippen LogP contribution >= 0.6 is 15.9 Å². The highest BCUT2D eigenvalue weighted by molar-refractivity contribution is 9.10. The lowest BCUT2D eigenvalue weighted by Gasteiger charge is -1.91. The van der Waals surface area contributed by atoms with E-state index in [1.54, 1.807) is 0 Å². The molecule has 0 aromatic carbocycles. The van der Waals surface area contributed by atoms with Gasteiger partial charge >= 0.3 is 5.97 Å². The van der Waals surface area contributed by atoms with Crippen molar-refractivity contribution >= 4 is 21.9 Å². The maximum Gasteiger partial charge on any atom is 0.346 e. The molecule has 0 aliphatic carbocycles. The van der Waals surface area contributed by atoms with Crippen molar-refractivity contribution in [1.82, 2.24) is 9.78 Å². The zero-order valence-electron chi connectivity index (χ0n) is 6.55. The van der Waals surface area contributed by atoms with E-state index in [1.165, 1.54) is 18.8 Å². The average molecular weight is 235 g/mol. The first-order valence-corrected chi connectivity index (χ1v) is 3.90. The van der Waals surface area contributed by atoms with E-state index in [0.29, 0.717) is 4.60 Å². The molecule has 1 N–H and O–H groups in total. The number of nitrogens with one attached hydrogen (secondary N) is 1. The quantitative estimate of drug-likeness (QED) is 0.710. The van der Waals surface area contributed by atoms with Gasteiger partial charge in [-0.2, -0.15) is 0 Å². The lowest BCUT2D eigenvalue weighted by atomic mass is 10.4. The van der Waals surface area contributed by atoms with Gasteiger partial charge in [-0.05, 0) is 15.9 Å². The third-order valence-electron chi connectivity index (χ3n) is 1.39. The van der Waals surface area contributed by atoms with Crippen LogP contribution in [0.2, 0.25) is 0 Å². The Labute approximate surface area is 76.4 Å². The summed E-state index contributed by atoms with van der Waals surface area (Å²) in [6, 6.07) is 0. The largest absolute Gasteiger partial charge is 0.465 e. The molecule has 6 heteroatoms. The third kappa shape index (κ3) is 1.29. The number of aromatic amines is 1. The first-order valence-electron chi connectivity index (χ1n) is 3.10. The van der Waals surface area contributed by atoms with Crippen LogP contribution < -0.4 is 5.56 Å². The second-order valence-corrected chi connectivity index (χ2v) is 2.95. The molecule has 1 aromatic heterocycles. The maximum atomic E-state index is 11.2. The molecule has 0 saturated heterocycles. The SMILES string of the molecule is COC(=O)c1c(Br)[nH]n(C)c1=O. The summed E-state index contributed by atoms with van der Waals surface area (Å²) in [5.41, 5.74) is -0.422. The van der Waals surface area contributed by atoms with E-state index in [2.05, 4.69) is 25.8 Å². The fraction of sp³-hybridized carbons (Fsp3) is 0.333. The molecule has 0 unspecified atom stereocenters. The highest BCUT2D eigenvalue weighted by atomic mass is 79.9. The van der Waals surface area contributed by atoms with Crippen molar-refractivity contribution in [2.24, 2.45) is 7.05 Å². The van der Waals surface area contributed by atoms with Gasteiger partial charge in [0.15, 0.2) is 5.56 Å². The van der Waals surface area contributed by atoms with Crippen LogP contribution in [0.4, 0.5) is 0 Å². The monoisotopic (exact) mass is 234 g/mol. The molecule has 0 amide bonds. The normalized spacial score (nSPS) is 9.92. The molecular formula is C6H7BrN2O3. The Morgan fingerprint density at radius 3 is 2.58 bits per heavy atom. The van der Waals surface area contributed by atoms with E-state index in [0.717, 1.165) is 0 Å². The van der Waals surface area contributed by atoms with Crippen molar-refractivity contribution in [1.29, 1.82) is 0 Å². The van der Waals surface area contributed by atoms with Gasteiger partial charge in [-0.3, -0.25) is 14.6 Å². The summed E-state index contributed by atoms with van der Waals surface area (Å²) in [5, 5.41) is 2.61. The fourth-order valence-electron chi connectivity index (χ4n) is 0.794. The first-order chi connectivity index (χ1) is 5.57. The molecule has 0 spiro atoms. The number of nitrogens with zero attached hydrogens (tertiary/aromatic N) is 1. The summed E-state index contributed by atoms with van der Waals surface area (Å²) in [5.74, 6) is -0.649. The van der Waals surface area contributed by atoms with Crippen LogP contribution in [0.25, 0.3) is 0 Å². The van der Waals surface area contributed by atoms with Crippen molar-refractivity contribution < 1.29 is 9.53 Å². The molecule has 0 aliphatic rings. The van der Waals surface area contributed by atoms with Gasteiger partial charge < -0.3 is 4.74 Å². The van der Waals surface area contributed by atoms with Crippen molar-refractivity contribution in [3.8, 4) is 0 Å². The Hall–Kier alpha value is -1.04. The van der Waals surface area contributed by atoms with Gasteiger partial charge in [0.1, 0.15) is 4.60 Å². The number of hydrogen-bond donors (Lipinski definition) is 1. The molecule has 12 heavy (non-hydrogen) atoms. The first kappa shape index (κ1) is 9.05. The van der Waals surface area contributed by atoms with Gasteiger partial charge in [0, 0.05) is 7.05 Å². The van der Waals surface area contributed by atoms with Crippen LogP contribution in [0.3, 0.4) is 0 Å². The second kappa shape index (κ2) is 3.14. The molecule has 5 nitrogen and oxygen atoms in total. The summed E-state index contributed by atoms with van der Waals surface area (Å²) in [7, 11) is 2.74. The van der Waals surface area contributed by atoms with Gasteiger partial charge in [0.05, 0.1) is 7.11 Å². The van der Waals surface area contributed by atoms with Gasteiger partial charge in [-0.1, -0.05) is 0 Å². The smallest absolute Gasteiger partial charge is 0.346 e. The van der Waals surface area contributed by atoms with Gasteiger partial charge in [0.25, 0.3) is 5.56 Å². The molecule has 0 atom stereocenters. The van der Waals surface area contributed by atoms with Crippen molar-refractivity contribution in [2.75, 3.05) is 7.11 Å². The lowest BCUT2D eigenvalue weighted by Crippen LogP contribution is -2.19. The van der Waals surface area contributed by atoms with Crippen LogP contribution in [0.5, 0.6) is 0 Å². The number of aryl methyl sites for hydroxylation is 1. The maximum absolute atomic E-state index is 11.2. The van der Waals surface area contributed by atoms with Crippen molar-refractivity contribution in [2.45, 2.75) is 0 Å². The number of carbonyl (C=O) groups excluding carboxylic acids is 1. The minimum absolute atomic E-state index is 0.0139. The van der Waals surface area contributed by atoms with E-state index in [4.69, 9.17) is 0 Å². The van der Waals surface area contributed by atoms with E-state index in [-0.39, 0.29) is 5.56 Å². The number of halogens is 1. The molecule has 0 aliphatic heterocycles. The highest BCUT2D eigenvalue weighted by Gasteiger charge is 2.18. The van der Waals surface area contributed by atoms with Crippen molar-refractivity contribution in [3.05, 3.63) is 20.5 Å². The lowest BCUT2D eigenvalue weighted by molar-refractivity contribution is 0.0598. The summed E-state index contributed by atoms with van der Waals surface area (Å²) in [6.45, 7) is 0. The molecule has 66 valence electrons. The topological polar surface area (TPSA) is 64.1 Å². The second-order valence-electron chi connectivity index (χ2n) is 2.16.